The molecule has 0 spiro atoms. The van der Waals surface area contributed by atoms with E-state index in [0.29, 0.717) is 17.2 Å². The lowest BCUT2D eigenvalue weighted by Crippen LogP contribution is -2.31. The maximum atomic E-state index is 5.95. The van der Waals surface area contributed by atoms with Crippen molar-refractivity contribution in [3.63, 3.8) is 0 Å². The number of halogens is 1. The summed E-state index contributed by atoms with van der Waals surface area (Å²) in [7, 11) is 3.25. The van der Waals surface area contributed by atoms with Crippen LogP contribution in [-0.2, 0) is 6.54 Å². The third-order valence-corrected chi connectivity index (χ3v) is 5.02. The summed E-state index contributed by atoms with van der Waals surface area (Å²) in [4.78, 5) is 2.47. The van der Waals surface area contributed by atoms with Crippen LogP contribution >= 0.6 is 12.4 Å². The van der Waals surface area contributed by atoms with Crippen LogP contribution in [0.1, 0.15) is 18.9 Å². The van der Waals surface area contributed by atoms with Crippen molar-refractivity contribution in [3.05, 3.63) is 48.0 Å². The fraction of sp³-hybridized carbons (Fsp3) is 0.429. The maximum absolute atomic E-state index is 5.95. The van der Waals surface area contributed by atoms with Crippen molar-refractivity contribution < 1.29 is 14.2 Å². The van der Waals surface area contributed by atoms with Crippen LogP contribution in [0.3, 0.4) is 0 Å². The van der Waals surface area contributed by atoms with Gasteiger partial charge in [-0.15, -0.1) is 12.4 Å². The Morgan fingerprint density at radius 1 is 0.963 bits per heavy atom. The van der Waals surface area contributed by atoms with Crippen molar-refractivity contribution in [2.45, 2.75) is 19.9 Å². The van der Waals surface area contributed by atoms with Crippen molar-refractivity contribution >= 4 is 12.4 Å². The van der Waals surface area contributed by atoms with Gasteiger partial charge in [-0.25, -0.2) is 0 Å². The van der Waals surface area contributed by atoms with Gasteiger partial charge in [-0.1, -0.05) is 19.1 Å². The number of nitrogens with two attached hydrogens (primary N) is 1. The van der Waals surface area contributed by atoms with Crippen molar-refractivity contribution in [2.24, 2.45) is 11.1 Å². The minimum absolute atomic E-state index is 0. The molecule has 1 aliphatic heterocycles. The Bertz CT molecular complexity index is 716. The molecule has 27 heavy (non-hydrogen) atoms. The molecule has 1 heterocycles. The minimum Gasteiger partial charge on any atom is -0.496 e. The highest BCUT2D eigenvalue weighted by Gasteiger charge is 2.32. The molecule has 0 bridgehead atoms. The summed E-state index contributed by atoms with van der Waals surface area (Å²) >= 11 is 0. The molecule has 2 N–H and O–H groups in total. The summed E-state index contributed by atoms with van der Waals surface area (Å²) in [5.74, 6) is 2.88. The molecule has 1 saturated heterocycles. The Kier molecular flexibility index (Phi) is 7.36. The smallest absolute Gasteiger partial charge is 0.134 e. The number of hydrogen-bond donors (Lipinski definition) is 1. The van der Waals surface area contributed by atoms with Crippen LogP contribution in [0.5, 0.6) is 23.0 Å². The highest BCUT2D eigenvalue weighted by Crippen LogP contribution is 2.32. The van der Waals surface area contributed by atoms with E-state index in [9.17, 15) is 0 Å². The van der Waals surface area contributed by atoms with Gasteiger partial charge in [-0.05, 0) is 42.6 Å². The van der Waals surface area contributed by atoms with Gasteiger partial charge in [0.25, 0.3) is 0 Å². The van der Waals surface area contributed by atoms with Crippen molar-refractivity contribution in [2.75, 3.05) is 33.9 Å². The second-order valence-corrected chi connectivity index (χ2v) is 7.27. The molecule has 2 aromatic carbocycles. The van der Waals surface area contributed by atoms with E-state index in [4.69, 9.17) is 19.9 Å². The van der Waals surface area contributed by atoms with Gasteiger partial charge in [-0.3, -0.25) is 4.90 Å². The molecule has 3 rings (SSSR count). The SMILES string of the molecule is COc1cc(OC)cc(Oc2ccc(CN3CCC(C)(CN)C3)cc2)c1.Cl. The van der Waals surface area contributed by atoms with E-state index < -0.39 is 0 Å². The molecule has 0 radical (unpaired) electrons. The summed E-state index contributed by atoms with van der Waals surface area (Å²) in [6.07, 6.45) is 1.17. The van der Waals surface area contributed by atoms with Crippen LogP contribution in [0, 0.1) is 5.41 Å². The summed E-state index contributed by atoms with van der Waals surface area (Å²) < 4.78 is 16.5. The van der Waals surface area contributed by atoms with E-state index in [2.05, 4.69) is 24.0 Å². The van der Waals surface area contributed by atoms with E-state index in [1.807, 2.05) is 30.3 Å². The molecule has 5 nitrogen and oxygen atoms in total. The van der Waals surface area contributed by atoms with Crippen molar-refractivity contribution in [1.82, 2.24) is 4.90 Å². The monoisotopic (exact) mass is 392 g/mol. The lowest BCUT2D eigenvalue weighted by Gasteiger charge is -2.22. The highest BCUT2D eigenvalue weighted by atomic mass is 35.5. The Labute approximate surface area is 167 Å². The van der Waals surface area contributed by atoms with Gasteiger partial charge in [0, 0.05) is 31.3 Å². The third kappa shape index (κ3) is 5.51. The molecule has 1 aliphatic rings. The zero-order chi connectivity index (χ0) is 18.6. The Hall–Kier alpha value is -1.95. The van der Waals surface area contributed by atoms with Crippen LogP contribution in [0.15, 0.2) is 42.5 Å². The van der Waals surface area contributed by atoms with Gasteiger partial charge in [-0.2, -0.15) is 0 Å². The maximum Gasteiger partial charge on any atom is 0.134 e. The van der Waals surface area contributed by atoms with Crippen LogP contribution < -0.4 is 19.9 Å². The van der Waals surface area contributed by atoms with Gasteiger partial charge < -0.3 is 19.9 Å². The second kappa shape index (κ2) is 9.31. The minimum atomic E-state index is 0. The number of likely N-dealkylation sites (tertiary alicyclic amines) is 1. The van der Waals surface area contributed by atoms with Gasteiger partial charge in [0.15, 0.2) is 0 Å². The number of methoxy groups -OCH3 is 2. The van der Waals surface area contributed by atoms with Crippen LogP contribution in [-0.4, -0.2) is 38.8 Å². The van der Waals surface area contributed by atoms with Crippen LogP contribution in [0.4, 0.5) is 0 Å². The fourth-order valence-electron chi connectivity index (χ4n) is 3.32. The molecular formula is C21H29ClN2O3. The first-order valence-corrected chi connectivity index (χ1v) is 8.96. The van der Waals surface area contributed by atoms with E-state index in [1.54, 1.807) is 14.2 Å². The lowest BCUT2D eigenvalue weighted by molar-refractivity contribution is 0.274. The highest BCUT2D eigenvalue weighted by molar-refractivity contribution is 5.85. The summed E-state index contributed by atoms with van der Waals surface area (Å²) in [5, 5.41) is 0. The lowest BCUT2D eigenvalue weighted by atomic mass is 9.90. The summed E-state index contributed by atoms with van der Waals surface area (Å²) in [6.45, 7) is 6.14. The average Bonchev–Trinajstić information content (AvgIpc) is 3.04. The summed E-state index contributed by atoms with van der Waals surface area (Å²) in [5.41, 5.74) is 7.43. The van der Waals surface area contributed by atoms with E-state index in [0.717, 1.165) is 31.9 Å². The van der Waals surface area contributed by atoms with Gasteiger partial charge in [0.2, 0.25) is 0 Å². The number of ether oxygens (including phenoxy) is 3. The molecule has 0 amide bonds. The Morgan fingerprint density at radius 2 is 1.56 bits per heavy atom. The molecular weight excluding hydrogens is 364 g/mol. The van der Waals surface area contributed by atoms with E-state index in [1.165, 1.54) is 12.0 Å². The normalized spacial score (nSPS) is 19.4. The number of benzene rings is 2. The average molecular weight is 393 g/mol. The molecule has 2 aromatic rings. The first-order chi connectivity index (χ1) is 12.5. The molecule has 1 atom stereocenters. The second-order valence-electron chi connectivity index (χ2n) is 7.27. The van der Waals surface area contributed by atoms with Crippen molar-refractivity contribution in [1.29, 1.82) is 0 Å². The number of rotatable bonds is 7. The molecule has 0 saturated carbocycles. The largest absolute Gasteiger partial charge is 0.496 e. The molecule has 1 unspecified atom stereocenters. The van der Waals surface area contributed by atoms with Gasteiger partial charge in [0.05, 0.1) is 14.2 Å². The first-order valence-electron chi connectivity index (χ1n) is 8.96. The topological polar surface area (TPSA) is 57.0 Å². The van der Waals surface area contributed by atoms with E-state index >= 15 is 0 Å². The first kappa shape index (κ1) is 21.4. The molecule has 1 fully saturated rings. The Balaban J connectivity index is 0.00000261. The van der Waals surface area contributed by atoms with Gasteiger partial charge in [0.1, 0.15) is 23.0 Å². The van der Waals surface area contributed by atoms with Crippen LogP contribution in [0.2, 0.25) is 0 Å². The quantitative estimate of drug-likeness (QED) is 0.769. The Morgan fingerprint density at radius 3 is 2.07 bits per heavy atom. The van der Waals surface area contributed by atoms with E-state index in [-0.39, 0.29) is 17.8 Å². The number of nitrogens with zero attached hydrogens (tertiary/aromatic N) is 1. The zero-order valence-corrected chi connectivity index (χ0v) is 17.1. The summed E-state index contributed by atoms with van der Waals surface area (Å²) in [6, 6.07) is 13.7. The molecule has 148 valence electrons. The molecule has 0 aliphatic carbocycles. The van der Waals surface area contributed by atoms with Crippen molar-refractivity contribution in [3.8, 4) is 23.0 Å². The van der Waals surface area contributed by atoms with Crippen LogP contribution in [0.25, 0.3) is 0 Å². The standard InChI is InChI=1S/C21H28N2O3.ClH/c1-21(14-22)8-9-23(15-21)13-16-4-6-17(7-5-16)26-20-11-18(24-2)10-19(12-20)25-3;/h4-7,10-12H,8-9,13-15,22H2,1-3H3;1H. The number of hydrogen-bond acceptors (Lipinski definition) is 5. The fourth-order valence-corrected chi connectivity index (χ4v) is 3.32. The predicted molar refractivity (Wildman–Crippen MR) is 110 cm³/mol. The molecule has 6 heteroatoms. The zero-order valence-electron chi connectivity index (χ0n) is 16.2. The van der Waals surface area contributed by atoms with Gasteiger partial charge >= 0.3 is 0 Å². The predicted octanol–water partition coefficient (Wildman–Crippen LogP) is 4.09. The molecule has 0 aromatic heterocycles. The third-order valence-electron chi connectivity index (χ3n) is 5.02.